The first kappa shape index (κ1) is 22.6. The Morgan fingerprint density at radius 1 is 0.941 bits per heavy atom. The predicted molar refractivity (Wildman–Crippen MR) is 133 cm³/mol. The Hall–Kier alpha value is -3.18. The number of aromatic hydroxyl groups is 2. The van der Waals surface area contributed by atoms with E-state index >= 15 is 0 Å². The number of fused-ring (bicyclic) bond motifs is 1. The molecule has 0 amide bonds. The third kappa shape index (κ3) is 4.71. The fraction of sp³-hybridized carbons (Fsp3) is 0.379. The fourth-order valence-corrected chi connectivity index (χ4v) is 5.59. The number of hydrogen-bond donors (Lipinski definition) is 2. The van der Waals surface area contributed by atoms with Crippen LogP contribution < -0.4 is 9.47 Å². The van der Waals surface area contributed by atoms with Crippen molar-refractivity contribution in [3.63, 3.8) is 0 Å². The van der Waals surface area contributed by atoms with E-state index in [0.29, 0.717) is 12.4 Å². The average molecular weight is 460 g/mol. The van der Waals surface area contributed by atoms with Gasteiger partial charge in [-0.3, -0.25) is 4.90 Å². The summed E-state index contributed by atoms with van der Waals surface area (Å²) in [6.45, 7) is 4.03. The molecule has 0 saturated carbocycles. The quantitative estimate of drug-likeness (QED) is 0.492. The van der Waals surface area contributed by atoms with E-state index in [0.717, 1.165) is 41.8 Å². The lowest BCUT2D eigenvalue weighted by Crippen LogP contribution is -2.25. The topological polar surface area (TPSA) is 62.2 Å². The van der Waals surface area contributed by atoms with Crippen molar-refractivity contribution in [3.8, 4) is 23.0 Å². The first-order valence-electron chi connectivity index (χ1n) is 12.3. The van der Waals surface area contributed by atoms with E-state index < -0.39 is 0 Å². The molecule has 5 rings (SSSR count). The molecular weight excluding hydrogens is 426 g/mol. The molecule has 0 spiro atoms. The minimum atomic E-state index is 0.0821. The maximum absolute atomic E-state index is 10.4. The van der Waals surface area contributed by atoms with E-state index in [1.165, 1.54) is 31.5 Å². The fourth-order valence-electron chi connectivity index (χ4n) is 5.59. The first-order chi connectivity index (χ1) is 16.6. The van der Waals surface area contributed by atoms with Crippen molar-refractivity contribution in [3.05, 3.63) is 82.9 Å². The number of hydrogen-bond acceptors (Lipinski definition) is 5. The summed E-state index contributed by atoms with van der Waals surface area (Å²) in [6.07, 6.45) is 4.38. The molecule has 0 radical (unpaired) electrons. The molecule has 5 heteroatoms. The highest BCUT2D eigenvalue weighted by atomic mass is 16.5. The zero-order valence-electron chi connectivity index (χ0n) is 19.7. The summed E-state index contributed by atoms with van der Waals surface area (Å²) in [7, 11) is 1.58. The number of rotatable bonds is 7. The Morgan fingerprint density at radius 3 is 2.47 bits per heavy atom. The zero-order valence-corrected chi connectivity index (χ0v) is 19.7. The van der Waals surface area contributed by atoms with Gasteiger partial charge in [-0.15, -0.1) is 0 Å². The number of phenols is 2. The highest BCUT2D eigenvalue weighted by Crippen LogP contribution is 2.49. The molecule has 2 atom stereocenters. The van der Waals surface area contributed by atoms with Gasteiger partial charge in [-0.05, 0) is 103 Å². The summed E-state index contributed by atoms with van der Waals surface area (Å²) in [6, 6.07) is 19.8. The molecular formula is C29H33NO4. The average Bonchev–Trinajstić information content (AvgIpc) is 3.37. The third-order valence-corrected chi connectivity index (χ3v) is 7.32. The second-order valence-electron chi connectivity index (χ2n) is 9.41. The molecule has 1 saturated heterocycles. The molecule has 2 N–H and O–H groups in total. The molecule has 178 valence electrons. The molecule has 34 heavy (non-hydrogen) atoms. The summed E-state index contributed by atoms with van der Waals surface area (Å²) < 4.78 is 11.5. The van der Waals surface area contributed by atoms with Crippen LogP contribution in [0.4, 0.5) is 0 Å². The van der Waals surface area contributed by atoms with Gasteiger partial charge in [0.1, 0.15) is 18.1 Å². The maximum atomic E-state index is 10.4. The van der Waals surface area contributed by atoms with Gasteiger partial charge in [-0.2, -0.15) is 0 Å². The SMILES string of the molecule is COc1cc2c(cc1O)CC[C@H](c1cccc(O)c1)[C@@H]2c1ccc(OCCN2CCCC2)cc1. The van der Waals surface area contributed by atoms with Gasteiger partial charge in [0, 0.05) is 12.5 Å². The summed E-state index contributed by atoms with van der Waals surface area (Å²) in [5.74, 6) is 2.12. The minimum Gasteiger partial charge on any atom is -0.508 e. The van der Waals surface area contributed by atoms with E-state index in [9.17, 15) is 10.2 Å². The normalized spacial score (nSPS) is 20.1. The summed E-state index contributed by atoms with van der Waals surface area (Å²) in [5, 5.41) is 20.5. The molecule has 1 heterocycles. The molecule has 1 aliphatic carbocycles. The molecule has 0 unspecified atom stereocenters. The van der Waals surface area contributed by atoms with E-state index in [-0.39, 0.29) is 23.3 Å². The number of benzene rings is 3. The predicted octanol–water partition coefficient (Wildman–Crippen LogP) is 5.44. The van der Waals surface area contributed by atoms with Crippen LogP contribution in [0, 0.1) is 0 Å². The second kappa shape index (κ2) is 9.98. The molecule has 5 nitrogen and oxygen atoms in total. The van der Waals surface area contributed by atoms with Gasteiger partial charge in [0.15, 0.2) is 11.5 Å². The molecule has 1 aliphatic heterocycles. The largest absolute Gasteiger partial charge is 0.508 e. The number of methoxy groups -OCH3 is 1. The van der Waals surface area contributed by atoms with Gasteiger partial charge in [0.05, 0.1) is 7.11 Å². The van der Waals surface area contributed by atoms with Crippen LogP contribution in [0.1, 0.15) is 53.4 Å². The molecule has 0 bridgehead atoms. The lowest BCUT2D eigenvalue weighted by molar-refractivity contribution is 0.237. The second-order valence-corrected chi connectivity index (χ2v) is 9.41. The van der Waals surface area contributed by atoms with E-state index in [1.54, 1.807) is 13.2 Å². The lowest BCUT2D eigenvalue weighted by Gasteiger charge is -2.35. The van der Waals surface area contributed by atoms with Gasteiger partial charge in [0.2, 0.25) is 0 Å². The first-order valence-corrected chi connectivity index (χ1v) is 12.3. The number of phenolic OH excluding ortho intramolecular Hbond substituents is 2. The van der Waals surface area contributed by atoms with Crippen molar-refractivity contribution in [2.45, 2.75) is 37.5 Å². The van der Waals surface area contributed by atoms with Gasteiger partial charge in [-0.25, -0.2) is 0 Å². The summed E-state index contributed by atoms with van der Waals surface area (Å²) in [5.41, 5.74) is 4.62. The minimum absolute atomic E-state index is 0.0821. The van der Waals surface area contributed by atoms with Crippen molar-refractivity contribution in [2.75, 3.05) is 33.4 Å². The van der Waals surface area contributed by atoms with E-state index in [2.05, 4.69) is 35.2 Å². The maximum Gasteiger partial charge on any atom is 0.160 e. The van der Waals surface area contributed by atoms with Crippen molar-refractivity contribution in [1.29, 1.82) is 0 Å². The van der Waals surface area contributed by atoms with Crippen LogP contribution in [0.25, 0.3) is 0 Å². The van der Waals surface area contributed by atoms with E-state index in [4.69, 9.17) is 9.47 Å². The molecule has 3 aromatic rings. The Morgan fingerprint density at radius 2 is 1.74 bits per heavy atom. The molecule has 0 aromatic heterocycles. The monoisotopic (exact) mass is 459 g/mol. The standard InChI is InChI=1S/C29H33NO4/c1-33-28-19-26-22(18-27(28)32)9-12-25(21-5-4-6-23(31)17-21)29(26)20-7-10-24(11-8-20)34-16-15-30-13-2-3-14-30/h4-8,10-11,17-19,25,29,31-32H,2-3,9,12-16H2,1H3/t25-,29+/m1/s1. The van der Waals surface area contributed by atoms with Crippen LogP contribution in [0.15, 0.2) is 60.7 Å². The Balaban J connectivity index is 1.44. The molecule has 1 fully saturated rings. The number of likely N-dealkylation sites (tertiary alicyclic amines) is 1. The molecule has 2 aliphatic rings. The number of aryl methyl sites for hydroxylation is 1. The van der Waals surface area contributed by atoms with Crippen LogP contribution in [-0.4, -0.2) is 48.5 Å². The van der Waals surface area contributed by atoms with E-state index in [1.807, 2.05) is 24.3 Å². The number of ether oxygens (including phenoxy) is 2. The van der Waals surface area contributed by atoms with Crippen LogP contribution in [0.3, 0.4) is 0 Å². The van der Waals surface area contributed by atoms with Crippen LogP contribution >= 0.6 is 0 Å². The van der Waals surface area contributed by atoms with Gasteiger partial charge in [-0.1, -0.05) is 24.3 Å². The highest BCUT2D eigenvalue weighted by molar-refractivity contribution is 5.53. The van der Waals surface area contributed by atoms with Crippen LogP contribution in [-0.2, 0) is 6.42 Å². The van der Waals surface area contributed by atoms with Crippen LogP contribution in [0.2, 0.25) is 0 Å². The number of nitrogens with zero attached hydrogens (tertiary/aromatic N) is 1. The van der Waals surface area contributed by atoms with Gasteiger partial charge in [0.25, 0.3) is 0 Å². The van der Waals surface area contributed by atoms with Gasteiger partial charge < -0.3 is 19.7 Å². The summed E-state index contributed by atoms with van der Waals surface area (Å²) >= 11 is 0. The smallest absolute Gasteiger partial charge is 0.160 e. The van der Waals surface area contributed by atoms with Crippen molar-refractivity contribution in [1.82, 2.24) is 4.90 Å². The zero-order chi connectivity index (χ0) is 23.5. The summed E-state index contributed by atoms with van der Waals surface area (Å²) in [4.78, 5) is 2.45. The molecule has 3 aromatic carbocycles. The van der Waals surface area contributed by atoms with Crippen molar-refractivity contribution in [2.24, 2.45) is 0 Å². The Kier molecular flexibility index (Phi) is 6.63. The third-order valence-electron chi connectivity index (χ3n) is 7.32. The Labute approximate surface area is 201 Å². The highest BCUT2D eigenvalue weighted by Gasteiger charge is 2.33. The Bertz CT molecular complexity index is 1120. The van der Waals surface area contributed by atoms with Crippen molar-refractivity contribution < 1.29 is 19.7 Å². The van der Waals surface area contributed by atoms with Crippen LogP contribution in [0.5, 0.6) is 23.0 Å². The lowest BCUT2D eigenvalue weighted by atomic mass is 9.69. The van der Waals surface area contributed by atoms with Crippen molar-refractivity contribution >= 4 is 0 Å². The van der Waals surface area contributed by atoms with Gasteiger partial charge >= 0.3 is 0 Å².